The third-order valence-corrected chi connectivity index (χ3v) is 11.9. The molecule has 0 unspecified atom stereocenters. The molecule has 170 valence electrons. The summed E-state index contributed by atoms with van der Waals surface area (Å²) in [7, 11) is -1.41. The van der Waals surface area contributed by atoms with Gasteiger partial charge in [0.25, 0.3) is 5.57 Å². The number of aromatic amines is 1. The summed E-state index contributed by atoms with van der Waals surface area (Å²) in [6.07, 6.45) is 7.39. The topological polar surface area (TPSA) is 55.7 Å². The fraction of sp³-hybridized carbons (Fsp3) is 0.727. The number of rotatable bonds is 2. The van der Waals surface area contributed by atoms with Crippen molar-refractivity contribution in [2.45, 2.75) is 104 Å². The van der Waals surface area contributed by atoms with Crippen LogP contribution < -0.4 is 16.1 Å². The zero-order chi connectivity index (χ0) is 22.0. The predicted octanol–water partition coefficient (Wildman–Crippen LogP) is 5.32. The Morgan fingerprint density at radius 1 is 0.690 bits per heavy atom. The van der Waals surface area contributed by atoms with E-state index in [1.807, 2.05) is 12.4 Å². The van der Waals surface area contributed by atoms with E-state index >= 15 is 0 Å². The van der Waals surface area contributed by atoms with E-state index in [2.05, 4.69) is 103 Å². The molecule has 4 nitrogen and oxygen atoms in total. The van der Waals surface area contributed by atoms with E-state index in [0.717, 1.165) is 5.57 Å². The minimum Gasteiger partial charge on any atom is -0.412 e. The Hall–Kier alpha value is -0.0317. The van der Waals surface area contributed by atoms with Crippen LogP contribution in [-0.2, 0) is 21.1 Å². The van der Waals surface area contributed by atoms with Gasteiger partial charge in [-0.3, -0.25) is 0 Å². The van der Waals surface area contributed by atoms with Crippen LogP contribution in [0.3, 0.4) is 0 Å². The molecule has 1 N–H and O–H groups in total. The van der Waals surface area contributed by atoms with Crippen molar-refractivity contribution in [2.75, 3.05) is 0 Å². The van der Waals surface area contributed by atoms with Crippen molar-refractivity contribution in [3.8, 4) is 0 Å². The zero-order valence-electron chi connectivity index (χ0n) is 20.5. The normalized spacial score (nSPS) is 13.2. The van der Waals surface area contributed by atoms with Gasteiger partial charge in [0.15, 0.2) is 0 Å². The van der Waals surface area contributed by atoms with Gasteiger partial charge < -0.3 is 15.0 Å². The third-order valence-electron chi connectivity index (χ3n) is 4.42. The van der Waals surface area contributed by atoms with Crippen LogP contribution in [0.1, 0.15) is 83.1 Å². The number of imidazole rings is 2. The summed E-state index contributed by atoms with van der Waals surface area (Å²) in [5, 5.41) is 1.27. The summed E-state index contributed by atoms with van der Waals surface area (Å²) in [6, 6.07) is 0. The number of nitrogens with one attached hydrogen (secondary N) is 1. The first-order valence-electron chi connectivity index (χ1n) is 10.2. The maximum absolute atomic E-state index is 4.44. The van der Waals surface area contributed by atoms with Gasteiger partial charge in [-0.25, -0.2) is 4.98 Å². The largest absolute Gasteiger partial charge is 0.412 e. The van der Waals surface area contributed by atoms with Gasteiger partial charge in [0, 0.05) is 41.4 Å². The van der Waals surface area contributed by atoms with E-state index in [0.29, 0.717) is 20.6 Å². The fourth-order valence-corrected chi connectivity index (χ4v) is 12.5. The molecule has 0 saturated carbocycles. The van der Waals surface area contributed by atoms with Crippen molar-refractivity contribution < 1.29 is 21.1 Å². The molecule has 2 rings (SSSR count). The maximum Gasteiger partial charge on any atom is 0.252 e. The molecule has 2 aromatic heterocycles. The van der Waals surface area contributed by atoms with Crippen LogP contribution in [0.15, 0.2) is 24.8 Å². The summed E-state index contributed by atoms with van der Waals surface area (Å²) in [5.41, 5.74) is 2.28. The number of hydrogen-bond donors (Lipinski definition) is 1. The predicted molar refractivity (Wildman–Crippen MR) is 131 cm³/mol. The van der Waals surface area contributed by atoms with Gasteiger partial charge in [-0.05, 0) is 83.1 Å². The molecule has 0 radical (unpaired) electrons. The van der Waals surface area contributed by atoms with E-state index in [4.69, 9.17) is 0 Å². The first-order valence-corrected chi connectivity index (χ1v) is 13.2. The van der Waals surface area contributed by atoms with E-state index in [1.54, 1.807) is 12.4 Å². The second-order valence-electron chi connectivity index (χ2n) is 11.6. The van der Waals surface area contributed by atoms with Gasteiger partial charge in [-0.2, -0.15) is 0 Å². The average molecular weight is 621 g/mol. The summed E-state index contributed by atoms with van der Waals surface area (Å²) < 4.78 is 0. The molecule has 0 aromatic carbocycles. The van der Waals surface area contributed by atoms with Crippen molar-refractivity contribution in [1.82, 2.24) is 19.9 Å². The van der Waals surface area contributed by atoms with Gasteiger partial charge in [0.1, 0.15) is 0 Å². The van der Waals surface area contributed by atoms with E-state index < -0.39 is 15.8 Å². The minimum atomic E-state index is -0.733. The van der Waals surface area contributed by atoms with Crippen LogP contribution in [0.25, 0.3) is 0 Å². The molecule has 2 aromatic rings. The Balaban J connectivity index is 0.000000523. The van der Waals surface area contributed by atoms with Crippen LogP contribution in [0.4, 0.5) is 0 Å². The third kappa shape index (κ3) is 8.93. The van der Waals surface area contributed by atoms with Crippen LogP contribution in [-0.4, -0.2) is 35.6 Å². The molecule has 0 saturated heterocycles. The second kappa shape index (κ2) is 10.5. The van der Waals surface area contributed by atoms with Gasteiger partial charge in [0.05, 0.1) is 34.1 Å². The molecule has 0 fully saturated rings. The van der Waals surface area contributed by atoms with Crippen LogP contribution in [0, 0.1) is 0 Å². The van der Waals surface area contributed by atoms with E-state index in [1.165, 1.54) is 5.57 Å². The molecule has 0 aliphatic rings. The fourth-order valence-electron chi connectivity index (χ4n) is 4.40. The molecule has 0 amide bonds. The molecule has 0 atom stereocenters. The molecule has 0 aliphatic carbocycles. The average Bonchev–Trinajstić information content (AvgIpc) is 3.06. The molecular weight excluding hydrogens is 577 g/mol. The zero-order valence-corrected chi connectivity index (χ0v) is 24.7. The first-order chi connectivity index (χ1) is 12.5. The maximum atomic E-state index is 4.44. The Morgan fingerprint density at radius 3 is 1.41 bits per heavy atom. The molecule has 7 heteroatoms. The van der Waals surface area contributed by atoms with Crippen molar-refractivity contribution >= 4 is 27.0 Å². The quantitative estimate of drug-likeness (QED) is 0.463. The van der Waals surface area contributed by atoms with Gasteiger partial charge in [0.2, 0.25) is 0 Å². The first kappa shape index (κ1) is 29.0. The standard InChI is InChI=1S/C11H21N2P.C11H20N2P.Pt/c2*1-10(2,3)14(11(4,5)6)9-12-7-8-13-9;/h7-8H,1-6H3,(H,12,13);7-8H,1-6H3;/q;-1;/p+2. The monoisotopic (exact) mass is 620 g/mol. The van der Waals surface area contributed by atoms with Crippen LogP contribution in [0.5, 0.6) is 0 Å². The van der Waals surface area contributed by atoms with Gasteiger partial charge in [-0.1, -0.05) is 12.4 Å². The molecule has 2 heterocycles. The second-order valence-corrected chi connectivity index (χ2v) is 20.0. The van der Waals surface area contributed by atoms with E-state index in [9.17, 15) is 0 Å². The number of nitrogens with zero attached hydrogens (tertiary/aromatic N) is 3. The summed E-state index contributed by atoms with van der Waals surface area (Å²) in [6.45, 7) is 27.7. The molecule has 0 spiro atoms. The summed E-state index contributed by atoms with van der Waals surface area (Å²) >= 11 is 0. The Bertz CT molecular complexity index is 595. The van der Waals surface area contributed by atoms with Crippen molar-refractivity contribution in [2.24, 2.45) is 0 Å². The van der Waals surface area contributed by atoms with Gasteiger partial charge in [-0.15, -0.1) is 0 Å². The smallest absolute Gasteiger partial charge is 0.252 e. The van der Waals surface area contributed by atoms with Crippen molar-refractivity contribution in [3.05, 3.63) is 24.8 Å². The van der Waals surface area contributed by atoms with Crippen LogP contribution in [0.2, 0.25) is 0 Å². The van der Waals surface area contributed by atoms with Crippen molar-refractivity contribution in [1.29, 1.82) is 0 Å². The van der Waals surface area contributed by atoms with E-state index in [-0.39, 0.29) is 21.1 Å². The molecule has 0 bridgehead atoms. The molecular formula is C22H43N4P2Pt+. The molecule has 29 heavy (non-hydrogen) atoms. The summed E-state index contributed by atoms with van der Waals surface area (Å²) in [4.78, 5) is 16.5. The Kier molecular flexibility index (Phi) is 10.5. The van der Waals surface area contributed by atoms with Gasteiger partial charge >= 0.3 is 0 Å². The van der Waals surface area contributed by atoms with Crippen LogP contribution >= 0.6 is 15.8 Å². The SMILES string of the molecule is CC(C)(C)[PH+](c1ncc[n-]1)C(C)(C)C.CC(C)(C)[PH+](c1ncc[nH]1)C(C)(C)C.[Pt]. The number of hydrogen-bond acceptors (Lipinski definition) is 2. The summed E-state index contributed by atoms with van der Waals surface area (Å²) in [5.74, 6) is 0. The number of H-pyrrole nitrogens is 1. The number of aromatic nitrogens is 4. The van der Waals surface area contributed by atoms with Crippen molar-refractivity contribution in [3.63, 3.8) is 0 Å². The Morgan fingerprint density at radius 2 is 1.14 bits per heavy atom. The molecule has 0 aliphatic heterocycles. The Labute approximate surface area is 196 Å². The minimum absolute atomic E-state index is 0.